The summed E-state index contributed by atoms with van der Waals surface area (Å²) in [7, 11) is 0. The van der Waals surface area contributed by atoms with Gasteiger partial charge in [-0.1, -0.05) is 26.0 Å². The zero-order chi connectivity index (χ0) is 29.7. The molecule has 3 saturated heterocycles. The first-order valence-electron chi connectivity index (χ1n) is 16.3. The first kappa shape index (κ1) is 27.5. The van der Waals surface area contributed by atoms with Gasteiger partial charge in [-0.3, -0.25) is 14.6 Å². The van der Waals surface area contributed by atoms with Crippen LogP contribution in [0.15, 0.2) is 30.6 Å². The van der Waals surface area contributed by atoms with E-state index >= 15 is 0 Å². The van der Waals surface area contributed by atoms with Gasteiger partial charge in [-0.15, -0.1) is 0 Å². The number of rotatable bonds is 5. The van der Waals surface area contributed by atoms with Crippen LogP contribution < -0.4 is 10.6 Å². The van der Waals surface area contributed by atoms with Gasteiger partial charge in [-0.2, -0.15) is 0 Å². The number of aromatic nitrogens is 3. The van der Waals surface area contributed by atoms with E-state index in [4.69, 9.17) is 15.5 Å². The number of nitrogens with two attached hydrogens (primary N) is 1. The molecule has 8 rings (SSSR count). The van der Waals surface area contributed by atoms with E-state index in [1.807, 2.05) is 12.4 Å². The Morgan fingerprint density at radius 3 is 2.37 bits per heavy atom. The SMILES string of the molecule is CC(C)n1cnc2cc(-c3ccc4c(c3)N([C@H]3C[C@@H](N5CCC(C)(C)C5)C3)C(=O)C43CCN(C4COC4)CC3)nc(N)c21. The molecule has 4 fully saturated rings. The fourth-order valence-corrected chi connectivity index (χ4v) is 8.46. The quantitative estimate of drug-likeness (QED) is 0.469. The Labute approximate surface area is 254 Å². The van der Waals surface area contributed by atoms with Crippen LogP contribution in [0.5, 0.6) is 0 Å². The highest BCUT2D eigenvalue weighted by atomic mass is 16.5. The predicted molar refractivity (Wildman–Crippen MR) is 169 cm³/mol. The van der Waals surface area contributed by atoms with Crippen LogP contribution in [0.1, 0.15) is 71.4 Å². The van der Waals surface area contributed by atoms with Gasteiger partial charge in [0.05, 0.1) is 42.2 Å². The zero-order valence-electron chi connectivity index (χ0n) is 26.1. The second-order valence-electron chi connectivity index (χ2n) is 14.9. The summed E-state index contributed by atoms with van der Waals surface area (Å²) in [5, 5.41) is 0. The minimum Gasteiger partial charge on any atom is -0.382 e. The van der Waals surface area contributed by atoms with E-state index in [9.17, 15) is 4.79 Å². The second-order valence-corrected chi connectivity index (χ2v) is 14.9. The van der Waals surface area contributed by atoms with Crippen molar-refractivity contribution in [3.05, 3.63) is 36.2 Å². The zero-order valence-corrected chi connectivity index (χ0v) is 26.1. The Bertz CT molecular complexity index is 1580. The molecule has 4 aliphatic heterocycles. The Balaban J connectivity index is 1.14. The maximum atomic E-state index is 14.6. The average Bonchev–Trinajstić information content (AvgIpc) is 3.58. The van der Waals surface area contributed by atoms with Gasteiger partial charge in [0.15, 0.2) is 0 Å². The van der Waals surface area contributed by atoms with E-state index < -0.39 is 5.41 Å². The van der Waals surface area contributed by atoms with Crippen LogP contribution in [-0.4, -0.2) is 87.8 Å². The molecule has 1 saturated carbocycles. The Hall–Kier alpha value is -3.01. The van der Waals surface area contributed by atoms with Crippen LogP contribution in [0.2, 0.25) is 0 Å². The molecule has 1 amide bonds. The standard InChI is InChI=1S/C34H45N7O2/c1-21(2)40-20-36-28-16-27(37-31(35)30(28)40)22-5-6-26-29(13-22)41(24-14-23(15-24)39-10-7-33(3,4)19-39)32(42)34(26)8-11-38(12-9-34)25-17-43-18-25/h5-6,13,16,20-21,23-25H,7-12,14-15,17-19H2,1-4H3,(H2,35,37)/t23-,24+. The molecule has 0 unspecified atom stereocenters. The van der Waals surface area contributed by atoms with Gasteiger partial charge in [-0.25, -0.2) is 9.97 Å². The van der Waals surface area contributed by atoms with Crippen molar-refractivity contribution in [2.45, 2.75) is 89.4 Å². The van der Waals surface area contributed by atoms with Gasteiger partial charge < -0.3 is 19.9 Å². The summed E-state index contributed by atoms with van der Waals surface area (Å²) in [6.07, 6.45) is 6.94. The van der Waals surface area contributed by atoms with Gasteiger partial charge in [0.1, 0.15) is 11.3 Å². The average molecular weight is 584 g/mol. The van der Waals surface area contributed by atoms with Crippen molar-refractivity contribution in [2.24, 2.45) is 5.41 Å². The smallest absolute Gasteiger partial charge is 0.238 e. The lowest BCUT2D eigenvalue weighted by Gasteiger charge is -2.47. The molecule has 3 aromatic rings. The number of carbonyl (C=O) groups is 1. The maximum absolute atomic E-state index is 14.6. The third-order valence-electron chi connectivity index (χ3n) is 11.3. The van der Waals surface area contributed by atoms with Crippen LogP contribution in [0.4, 0.5) is 11.5 Å². The lowest BCUT2D eigenvalue weighted by molar-refractivity contribution is -0.128. The second kappa shape index (κ2) is 9.74. The molecule has 2 N–H and O–H groups in total. The third kappa shape index (κ3) is 4.25. The maximum Gasteiger partial charge on any atom is 0.238 e. The molecule has 0 atom stereocenters. The van der Waals surface area contributed by atoms with Crippen LogP contribution in [0.25, 0.3) is 22.3 Å². The normalized spacial score (nSPS) is 27.3. The summed E-state index contributed by atoms with van der Waals surface area (Å²) in [4.78, 5) is 31.5. The van der Waals surface area contributed by atoms with Crippen molar-refractivity contribution in [1.82, 2.24) is 24.3 Å². The van der Waals surface area contributed by atoms with Gasteiger partial charge in [0.25, 0.3) is 0 Å². The number of hydrogen-bond donors (Lipinski definition) is 1. The molecule has 9 heteroatoms. The number of likely N-dealkylation sites (tertiary alicyclic amines) is 2. The van der Waals surface area contributed by atoms with Crippen LogP contribution in [0.3, 0.4) is 0 Å². The van der Waals surface area contributed by atoms with E-state index in [2.05, 4.69) is 70.1 Å². The number of fused-ring (bicyclic) bond motifs is 3. The van der Waals surface area contributed by atoms with Crippen LogP contribution in [0, 0.1) is 5.41 Å². The molecular weight excluding hydrogens is 538 g/mol. The number of amides is 1. The minimum absolute atomic E-state index is 0.245. The first-order chi connectivity index (χ1) is 20.6. The molecule has 43 heavy (non-hydrogen) atoms. The fourth-order valence-electron chi connectivity index (χ4n) is 8.46. The van der Waals surface area contributed by atoms with Crippen molar-refractivity contribution in [3.8, 4) is 11.3 Å². The molecule has 1 aliphatic carbocycles. The molecule has 1 spiro atoms. The number of nitrogens with zero attached hydrogens (tertiary/aromatic N) is 6. The lowest BCUT2D eigenvalue weighted by Crippen LogP contribution is -2.59. The molecule has 2 aromatic heterocycles. The molecule has 5 aliphatic rings. The Morgan fingerprint density at radius 2 is 1.72 bits per heavy atom. The highest BCUT2D eigenvalue weighted by molar-refractivity contribution is 6.09. The van der Waals surface area contributed by atoms with E-state index in [0.717, 1.165) is 86.5 Å². The highest BCUT2D eigenvalue weighted by Crippen LogP contribution is 2.52. The van der Waals surface area contributed by atoms with Crippen LogP contribution >= 0.6 is 0 Å². The molecular formula is C34H45N7O2. The van der Waals surface area contributed by atoms with Gasteiger partial charge in [0, 0.05) is 35.9 Å². The number of nitrogen functional groups attached to an aromatic ring is 1. The minimum atomic E-state index is -0.442. The number of benzene rings is 1. The molecule has 228 valence electrons. The van der Waals surface area contributed by atoms with Crippen molar-refractivity contribution in [2.75, 3.05) is 50.0 Å². The number of pyridine rings is 1. The first-order valence-corrected chi connectivity index (χ1v) is 16.3. The lowest BCUT2D eigenvalue weighted by atomic mass is 9.73. The third-order valence-corrected chi connectivity index (χ3v) is 11.3. The Morgan fingerprint density at radius 1 is 0.977 bits per heavy atom. The monoisotopic (exact) mass is 583 g/mol. The van der Waals surface area contributed by atoms with Gasteiger partial charge >= 0.3 is 0 Å². The summed E-state index contributed by atoms with van der Waals surface area (Å²) in [5.74, 6) is 0.805. The van der Waals surface area contributed by atoms with Crippen molar-refractivity contribution in [3.63, 3.8) is 0 Å². The summed E-state index contributed by atoms with van der Waals surface area (Å²) in [5.41, 5.74) is 12.3. The molecule has 0 bridgehead atoms. The summed E-state index contributed by atoms with van der Waals surface area (Å²) in [6, 6.07) is 10.2. The number of anilines is 2. The van der Waals surface area contributed by atoms with E-state index in [0.29, 0.717) is 29.2 Å². The molecule has 6 heterocycles. The molecule has 1 aromatic carbocycles. The number of imidazole rings is 1. The van der Waals surface area contributed by atoms with Gasteiger partial charge in [0.2, 0.25) is 5.91 Å². The van der Waals surface area contributed by atoms with E-state index in [1.54, 1.807) is 0 Å². The van der Waals surface area contributed by atoms with Crippen LogP contribution in [-0.2, 0) is 14.9 Å². The molecule has 0 radical (unpaired) electrons. The van der Waals surface area contributed by atoms with E-state index in [1.165, 1.54) is 18.5 Å². The fraction of sp³-hybridized carbons (Fsp3) is 0.618. The van der Waals surface area contributed by atoms with Crippen molar-refractivity contribution >= 4 is 28.4 Å². The largest absolute Gasteiger partial charge is 0.382 e. The van der Waals surface area contributed by atoms with Crippen molar-refractivity contribution < 1.29 is 9.53 Å². The molecule has 9 nitrogen and oxygen atoms in total. The van der Waals surface area contributed by atoms with Gasteiger partial charge in [-0.05, 0) is 88.7 Å². The summed E-state index contributed by atoms with van der Waals surface area (Å²) < 4.78 is 7.55. The summed E-state index contributed by atoms with van der Waals surface area (Å²) in [6.45, 7) is 14.9. The predicted octanol–water partition coefficient (Wildman–Crippen LogP) is 4.60. The van der Waals surface area contributed by atoms with Crippen molar-refractivity contribution in [1.29, 1.82) is 0 Å². The topological polar surface area (TPSA) is 92.8 Å². The van der Waals surface area contributed by atoms with E-state index in [-0.39, 0.29) is 12.1 Å². The number of hydrogen-bond acceptors (Lipinski definition) is 7. The Kier molecular flexibility index (Phi) is 6.24. The highest BCUT2D eigenvalue weighted by Gasteiger charge is 2.56. The summed E-state index contributed by atoms with van der Waals surface area (Å²) >= 11 is 0. The number of ether oxygens (including phenoxy) is 1. The number of piperidine rings is 1. The number of carbonyl (C=O) groups excluding carboxylic acids is 1.